The summed E-state index contributed by atoms with van der Waals surface area (Å²) in [4.78, 5) is 14.8. The Balaban J connectivity index is 1.43. The first-order chi connectivity index (χ1) is 15.9. The number of nitrogens with zero attached hydrogens (tertiary/aromatic N) is 3. The van der Waals surface area contributed by atoms with E-state index >= 15 is 0 Å². The Labute approximate surface area is 197 Å². The lowest BCUT2D eigenvalue weighted by molar-refractivity contribution is -0.133. The molecule has 8 nitrogen and oxygen atoms in total. The van der Waals surface area contributed by atoms with Gasteiger partial charge in [-0.05, 0) is 43.5 Å². The van der Waals surface area contributed by atoms with Crippen molar-refractivity contribution in [2.75, 3.05) is 18.5 Å². The molecule has 2 aliphatic heterocycles. The zero-order valence-corrected chi connectivity index (χ0v) is 19.4. The van der Waals surface area contributed by atoms with Gasteiger partial charge in [-0.2, -0.15) is 5.10 Å². The predicted octanol–water partition coefficient (Wildman–Crippen LogP) is 4.12. The molecule has 9 heteroatoms. The SMILES string of the molecule is Cn1cc2c(Nc3cccc([C@]4(C)CC(=O)N(C5CCOCC5)C(=N)N4)c3Cl)cccc2n1. The third-order valence-electron chi connectivity index (χ3n) is 6.49. The lowest BCUT2D eigenvalue weighted by atomic mass is 9.85. The quantitative estimate of drug-likeness (QED) is 0.537. The van der Waals surface area contributed by atoms with Crippen molar-refractivity contribution in [3.8, 4) is 0 Å². The zero-order chi connectivity index (χ0) is 23.2. The van der Waals surface area contributed by atoms with E-state index in [2.05, 4.69) is 15.7 Å². The first-order valence-corrected chi connectivity index (χ1v) is 11.5. The van der Waals surface area contributed by atoms with Gasteiger partial charge in [0.25, 0.3) is 0 Å². The summed E-state index contributed by atoms with van der Waals surface area (Å²) < 4.78 is 7.20. The van der Waals surface area contributed by atoms with Crippen molar-refractivity contribution in [1.29, 1.82) is 5.41 Å². The van der Waals surface area contributed by atoms with Gasteiger partial charge >= 0.3 is 0 Å². The van der Waals surface area contributed by atoms with Crippen LogP contribution in [0.15, 0.2) is 42.6 Å². The summed E-state index contributed by atoms with van der Waals surface area (Å²) in [6.07, 6.45) is 3.66. The molecule has 3 N–H and O–H groups in total. The number of halogens is 1. The highest BCUT2D eigenvalue weighted by Gasteiger charge is 2.43. The summed E-state index contributed by atoms with van der Waals surface area (Å²) in [5.74, 6) is 0.0536. The van der Waals surface area contributed by atoms with E-state index in [4.69, 9.17) is 21.7 Å². The maximum atomic E-state index is 13.2. The zero-order valence-electron chi connectivity index (χ0n) is 18.7. The number of fused-ring (bicyclic) bond motifs is 1. The molecule has 0 aliphatic carbocycles. The second-order valence-electron chi connectivity index (χ2n) is 8.92. The fourth-order valence-corrected chi connectivity index (χ4v) is 5.22. The number of carbonyl (C=O) groups is 1. The van der Waals surface area contributed by atoms with Crippen LogP contribution in [0.25, 0.3) is 10.9 Å². The number of hydrogen-bond acceptors (Lipinski definition) is 5. The van der Waals surface area contributed by atoms with Crippen LogP contribution in [0.5, 0.6) is 0 Å². The molecule has 3 aromatic rings. The van der Waals surface area contributed by atoms with Crippen molar-refractivity contribution in [2.45, 2.75) is 37.8 Å². The minimum Gasteiger partial charge on any atom is -0.381 e. The molecule has 2 aromatic carbocycles. The Bertz CT molecular complexity index is 1210. The third-order valence-corrected chi connectivity index (χ3v) is 6.90. The highest BCUT2D eigenvalue weighted by atomic mass is 35.5. The first-order valence-electron chi connectivity index (χ1n) is 11.1. The van der Waals surface area contributed by atoms with Crippen LogP contribution in [0, 0.1) is 5.41 Å². The molecule has 0 bridgehead atoms. The van der Waals surface area contributed by atoms with Gasteiger partial charge in [0.15, 0.2) is 5.96 Å². The van der Waals surface area contributed by atoms with Crippen molar-refractivity contribution >= 4 is 45.7 Å². The van der Waals surface area contributed by atoms with Gasteiger partial charge in [0, 0.05) is 43.6 Å². The molecule has 1 amide bonds. The van der Waals surface area contributed by atoms with E-state index in [-0.39, 0.29) is 24.3 Å². The fourth-order valence-electron chi connectivity index (χ4n) is 4.84. The first kappa shape index (κ1) is 21.7. The van der Waals surface area contributed by atoms with Gasteiger partial charge < -0.3 is 15.4 Å². The molecule has 5 rings (SSSR count). The number of hydrogen-bond donors (Lipinski definition) is 3. The number of guanidine groups is 1. The summed E-state index contributed by atoms with van der Waals surface area (Å²) in [5, 5.41) is 21.3. The molecule has 0 spiro atoms. The van der Waals surface area contributed by atoms with Gasteiger partial charge in [-0.15, -0.1) is 0 Å². The van der Waals surface area contributed by atoms with E-state index in [1.807, 2.05) is 56.6 Å². The molecule has 1 atom stereocenters. The Morgan fingerprint density at radius 1 is 1.21 bits per heavy atom. The Hall–Kier alpha value is -3.10. The summed E-state index contributed by atoms with van der Waals surface area (Å²) >= 11 is 6.88. The smallest absolute Gasteiger partial charge is 0.232 e. The number of aromatic nitrogens is 2. The van der Waals surface area contributed by atoms with Crippen molar-refractivity contribution in [1.82, 2.24) is 20.0 Å². The van der Waals surface area contributed by atoms with Crippen LogP contribution in [0.3, 0.4) is 0 Å². The van der Waals surface area contributed by atoms with Gasteiger partial charge in [-0.3, -0.25) is 19.8 Å². The van der Waals surface area contributed by atoms with Crippen LogP contribution < -0.4 is 10.6 Å². The molecular weight excluding hydrogens is 440 g/mol. The van der Waals surface area contributed by atoms with Crippen molar-refractivity contribution in [3.63, 3.8) is 0 Å². The Morgan fingerprint density at radius 3 is 2.70 bits per heavy atom. The number of amides is 1. The highest BCUT2D eigenvalue weighted by Crippen LogP contribution is 2.39. The predicted molar refractivity (Wildman–Crippen MR) is 129 cm³/mol. The second-order valence-corrected chi connectivity index (χ2v) is 9.30. The van der Waals surface area contributed by atoms with Gasteiger partial charge in [-0.1, -0.05) is 29.8 Å². The average Bonchev–Trinajstić information content (AvgIpc) is 3.16. The normalized spacial score (nSPS) is 22.0. The highest BCUT2D eigenvalue weighted by molar-refractivity contribution is 6.34. The summed E-state index contributed by atoms with van der Waals surface area (Å²) in [5.41, 5.74) is 2.51. The molecule has 2 aliphatic rings. The summed E-state index contributed by atoms with van der Waals surface area (Å²) in [6.45, 7) is 3.15. The largest absolute Gasteiger partial charge is 0.381 e. The van der Waals surface area contributed by atoms with E-state index in [1.165, 1.54) is 0 Å². The lowest BCUT2D eigenvalue weighted by Crippen LogP contribution is -2.62. The fraction of sp³-hybridized carbons (Fsp3) is 0.375. The molecule has 3 heterocycles. The molecule has 172 valence electrons. The maximum absolute atomic E-state index is 13.2. The topological polar surface area (TPSA) is 95.3 Å². The van der Waals surface area contributed by atoms with Crippen LogP contribution in [0.2, 0.25) is 5.02 Å². The summed E-state index contributed by atoms with van der Waals surface area (Å²) in [6, 6.07) is 11.6. The standard InChI is InChI=1S/C24H27ClN6O2/c1-24(13-21(32)31(23(26)28-24)15-9-11-33-12-10-15)17-5-3-8-20(22(17)25)27-18-6-4-7-19-16(18)14-30(2)29-19/h3-8,14-15,27H,9-13H2,1-2H3,(H2,26,28)/t24-/m0/s1. The number of nitrogens with one attached hydrogen (secondary N) is 3. The molecule has 0 saturated carbocycles. The Morgan fingerprint density at radius 2 is 1.94 bits per heavy atom. The van der Waals surface area contributed by atoms with Gasteiger partial charge in [0.05, 0.1) is 28.2 Å². The van der Waals surface area contributed by atoms with Crippen LogP contribution in [0.4, 0.5) is 11.4 Å². The minimum absolute atomic E-state index is 0.000700. The number of rotatable bonds is 4. The molecule has 2 saturated heterocycles. The van der Waals surface area contributed by atoms with E-state index in [1.54, 1.807) is 9.58 Å². The number of benzene rings is 2. The number of ether oxygens (including phenoxy) is 1. The monoisotopic (exact) mass is 466 g/mol. The van der Waals surface area contributed by atoms with Crippen molar-refractivity contribution < 1.29 is 9.53 Å². The molecule has 2 fully saturated rings. The van der Waals surface area contributed by atoms with E-state index in [0.717, 1.165) is 40.7 Å². The minimum atomic E-state index is -0.787. The maximum Gasteiger partial charge on any atom is 0.232 e. The molecule has 33 heavy (non-hydrogen) atoms. The van der Waals surface area contributed by atoms with Crippen LogP contribution in [-0.2, 0) is 22.1 Å². The van der Waals surface area contributed by atoms with Gasteiger partial charge in [-0.25, -0.2) is 0 Å². The molecular formula is C24H27ClN6O2. The molecule has 1 aromatic heterocycles. The number of carbonyl (C=O) groups excluding carboxylic acids is 1. The van der Waals surface area contributed by atoms with Crippen LogP contribution in [0.1, 0.15) is 31.7 Å². The van der Waals surface area contributed by atoms with E-state index in [9.17, 15) is 4.79 Å². The van der Waals surface area contributed by atoms with Crippen molar-refractivity contribution in [3.05, 3.63) is 53.2 Å². The summed E-state index contributed by atoms with van der Waals surface area (Å²) in [7, 11) is 1.89. The second kappa shape index (κ2) is 8.35. The number of aryl methyl sites for hydroxylation is 1. The van der Waals surface area contributed by atoms with E-state index in [0.29, 0.717) is 18.2 Å². The van der Waals surface area contributed by atoms with Crippen molar-refractivity contribution in [2.24, 2.45) is 7.05 Å². The van der Waals surface area contributed by atoms with Gasteiger partial charge in [0.1, 0.15) is 0 Å². The van der Waals surface area contributed by atoms with E-state index < -0.39 is 5.54 Å². The van der Waals surface area contributed by atoms with Crippen LogP contribution in [-0.4, -0.2) is 45.8 Å². The third kappa shape index (κ3) is 3.94. The van der Waals surface area contributed by atoms with Gasteiger partial charge in [0.2, 0.25) is 5.91 Å². The average molecular weight is 467 g/mol. The molecule has 0 unspecified atom stereocenters. The lowest BCUT2D eigenvalue weighted by Gasteiger charge is -2.45. The number of anilines is 2. The molecule has 0 radical (unpaired) electrons. The van der Waals surface area contributed by atoms with Crippen LogP contribution >= 0.6 is 11.6 Å². The Kier molecular flexibility index (Phi) is 5.50.